The minimum Gasteiger partial charge on any atom is -0.507 e. The van der Waals surface area contributed by atoms with Crippen molar-refractivity contribution in [2.75, 3.05) is 16.4 Å². The van der Waals surface area contributed by atoms with Gasteiger partial charge in [0.2, 0.25) is 5.91 Å². The maximum atomic E-state index is 13.1. The number of aromatic hydroxyl groups is 1. The summed E-state index contributed by atoms with van der Waals surface area (Å²) >= 11 is 0. The average molecular weight is 521 g/mol. The molecular weight excluding hydrogens is 492 g/mol. The van der Waals surface area contributed by atoms with Gasteiger partial charge in [-0.3, -0.25) is 10.1 Å². The van der Waals surface area contributed by atoms with Gasteiger partial charge in [-0.15, -0.1) is 0 Å². The number of hydrogen-bond acceptors (Lipinski definition) is 6. The number of phenols is 1. The number of nitrogens with zero attached hydrogens (tertiary/aromatic N) is 1. The molecule has 196 valence electrons. The molecule has 0 spiro atoms. The van der Waals surface area contributed by atoms with Crippen molar-refractivity contribution in [2.45, 2.75) is 20.0 Å². The summed E-state index contributed by atoms with van der Waals surface area (Å²) in [5.41, 5.74) is 7.57. The number of para-hydroxylation sites is 2. The van der Waals surface area contributed by atoms with Crippen molar-refractivity contribution in [3.63, 3.8) is 0 Å². The normalized spacial score (nSPS) is 12.0. The molecule has 0 heterocycles. The Morgan fingerprint density at radius 2 is 1.62 bits per heavy atom. The van der Waals surface area contributed by atoms with Crippen LogP contribution in [0.15, 0.2) is 97.1 Å². The molecule has 0 radical (unpaired) electrons. The molecule has 4 aromatic carbocycles. The fraction of sp³-hybridized carbons (Fsp3) is 0.129. The van der Waals surface area contributed by atoms with Crippen LogP contribution in [0.4, 0.5) is 21.9 Å². The number of ether oxygens (including phenoxy) is 1. The molecule has 4 aromatic rings. The molecule has 39 heavy (non-hydrogen) atoms. The van der Waals surface area contributed by atoms with E-state index in [1.165, 1.54) is 6.08 Å². The zero-order chi connectivity index (χ0) is 28.0. The summed E-state index contributed by atoms with van der Waals surface area (Å²) in [6.07, 6.45) is 1.48. The van der Waals surface area contributed by atoms with Crippen LogP contribution < -0.4 is 16.4 Å². The molecule has 1 atom stereocenters. The Morgan fingerprint density at radius 3 is 2.31 bits per heavy atom. The lowest BCUT2D eigenvalue weighted by molar-refractivity contribution is -0.112. The smallest absolute Gasteiger partial charge is 0.412 e. The first-order valence-electron chi connectivity index (χ1n) is 12.2. The number of nitriles is 1. The molecule has 8 heteroatoms. The van der Waals surface area contributed by atoms with E-state index in [0.29, 0.717) is 39.0 Å². The highest BCUT2D eigenvalue weighted by atomic mass is 16.6. The lowest BCUT2D eigenvalue weighted by Crippen LogP contribution is -2.28. The van der Waals surface area contributed by atoms with Crippen LogP contribution in [0.2, 0.25) is 0 Å². The van der Waals surface area contributed by atoms with E-state index in [2.05, 4.69) is 10.6 Å². The fourth-order valence-corrected chi connectivity index (χ4v) is 4.20. The Hall–Kier alpha value is -5.29. The van der Waals surface area contributed by atoms with Crippen LogP contribution >= 0.6 is 0 Å². The second-order valence-electron chi connectivity index (χ2n) is 9.55. The predicted octanol–water partition coefficient (Wildman–Crippen LogP) is 6.51. The van der Waals surface area contributed by atoms with E-state index in [1.54, 1.807) is 72.8 Å². The largest absolute Gasteiger partial charge is 0.507 e. The van der Waals surface area contributed by atoms with Crippen molar-refractivity contribution in [3.05, 3.63) is 108 Å². The number of amides is 2. The van der Waals surface area contributed by atoms with Crippen LogP contribution in [0.25, 0.3) is 10.8 Å². The molecule has 0 aliphatic heterocycles. The van der Waals surface area contributed by atoms with Gasteiger partial charge >= 0.3 is 6.09 Å². The van der Waals surface area contributed by atoms with Gasteiger partial charge in [0.1, 0.15) is 11.9 Å². The van der Waals surface area contributed by atoms with Crippen LogP contribution in [0.1, 0.15) is 31.1 Å². The number of anilines is 3. The Morgan fingerprint density at radius 1 is 0.949 bits per heavy atom. The molecule has 0 aliphatic rings. The molecule has 0 aromatic heterocycles. The predicted molar refractivity (Wildman–Crippen MR) is 152 cm³/mol. The number of carbonyl (C=O) groups excluding carboxylic acids is 2. The third-order valence-corrected chi connectivity index (χ3v) is 6.26. The zero-order valence-electron chi connectivity index (χ0n) is 21.5. The summed E-state index contributed by atoms with van der Waals surface area (Å²) in [6.45, 7) is 3.68. The summed E-state index contributed by atoms with van der Waals surface area (Å²) in [5.74, 6) is -0.291. The van der Waals surface area contributed by atoms with Gasteiger partial charge in [-0.05, 0) is 53.9 Å². The fourth-order valence-electron chi connectivity index (χ4n) is 4.20. The van der Waals surface area contributed by atoms with Crippen molar-refractivity contribution in [2.24, 2.45) is 5.41 Å². The molecule has 0 aliphatic carbocycles. The van der Waals surface area contributed by atoms with Crippen molar-refractivity contribution in [1.29, 1.82) is 5.26 Å². The lowest BCUT2D eigenvalue weighted by atomic mass is 9.80. The average Bonchev–Trinajstić information content (AvgIpc) is 2.93. The second kappa shape index (κ2) is 11.4. The summed E-state index contributed by atoms with van der Waals surface area (Å²) in [4.78, 5) is 25.8. The lowest BCUT2D eigenvalue weighted by Gasteiger charge is -2.32. The highest BCUT2D eigenvalue weighted by molar-refractivity contribution is 6.01. The first kappa shape index (κ1) is 26.8. The molecule has 0 bridgehead atoms. The van der Waals surface area contributed by atoms with Crippen LogP contribution in [0.3, 0.4) is 0 Å². The van der Waals surface area contributed by atoms with Gasteiger partial charge < -0.3 is 20.9 Å². The van der Waals surface area contributed by atoms with E-state index >= 15 is 0 Å². The number of nitrogen functional groups attached to an aromatic ring is 1. The minimum absolute atomic E-state index is 0.100. The maximum absolute atomic E-state index is 13.1. The topological polar surface area (TPSA) is 137 Å². The molecule has 5 N–H and O–H groups in total. The summed E-state index contributed by atoms with van der Waals surface area (Å²) in [7, 11) is 0. The van der Waals surface area contributed by atoms with Crippen molar-refractivity contribution in [3.8, 4) is 11.8 Å². The summed E-state index contributed by atoms with van der Waals surface area (Å²) < 4.78 is 5.98. The number of rotatable bonds is 7. The number of carbonyl (C=O) groups is 2. The number of nitrogens with two attached hydrogens (primary N) is 1. The quantitative estimate of drug-likeness (QED) is 0.162. The monoisotopic (exact) mass is 520 g/mol. The van der Waals surface area contributed by atoms with Gasteiger partial charge in [0, 0.05) is 22.1 Å². The molecule has 8 nitrogen and oxygen atoms in total. The van der Waals surface area contributed by atoms with Crippen LogP contribution in [0, 0.1) is 16.7 Å². The van der Waals surface area contributed by atoms with Gasteiger partial charge in [0.25, 0.3) is 0 Å². The molecule has 0 unspecified atom stereocenters. The summed E-state index contributed by atoms with van der Waals surface area (Å²) in [5, 5.41) is 26.2. The van der Waals surface area contributed by atoms with Gasteiger partial charge in [-0.1, -0.05) is 62.4 Å². The van der Waals surface area contributed by atoms with E-state index < -0.39 is 23.5 Å². The van der Waals surface area contributed by atoms with Gasteiger partial charge in [-0.2, -0.15) is 5.26 Å². The van der Waals surface area contributed by atoms with E-state index in [-0.39, 0.29) is 5.75 Å². The first-order valence-corrected chi connectivity index (χ1v) is 12.2. The maximum Gasteiger partial charge on any atom is 0.412 e. The molecule has 2 amide bonds. The second-order valence-corrected chi connectivity index (χ2v) is 9.55. The SMILES string of the molecule is CC(C)(/C=C/C(=O)Nc1ccccc1N)[C@H](OC(=O)Nc1ccc(C#N)cc1)c1ccc(O)c2ccccc12. The van der Waals surface area contributed by atoms with Crippen LogP contribution in [0.5, 0.6) is 5.75 Å². The number of hydrogen-bond donors (Lipinski definition) is 4. The Kier molecular flexibility index (Phi) is 7.82. The number of benzene rings is 4. The van der Waals surface area contributed by atoms with E-state index in [9.17, 15) is 14.7 Å². The van der Waals surface area contributed by atoms with Crippen LogP contribution in [-0.2, 0) is 9.53 Å². The number of phenolic OH excluding ortho intramolecular Hbond substituents is 1. The van der Waals surface area contributed by atoms with Crippen molar-refractivity contribution >= 4 is 39.8 Å². The number of fused-ring (bicyclic) bond motifs is 1. The Balaban J connectivity index is 1.65. The van der Waals surface area contributed by atoms with Crippen LogP contribution in [-0.4, -0.2) is 17.1 Å². The zero-order valence-corrected chi connectivity index (χ0v) is 21.5. The van der Waals surface area contributed by atoms with Crippen molar-refractivity contribution < 1.29 is 19.4 Å². The van der Waals surface area contributed by atoms with E-state index in [1.807, 2.05) is 38.1 Å². The summed E-state index contributed by atoms with van der Waals surface area (Å²) in [6, 6.07) is 25.9. The Bertz CT molecular complexity index is 1590. The van der Waals surface area contributed by atoms with E-state index in [0.717, 1.165) is 0 Å². The number of nitrogens with one attached hydrogen (secondary N) is 2. The molecule has 0 fully saturated rings. The van der Waals surface area contributed by atoms with Gasteiger partial charge in [-0.25, -0.2) is 4.79 Å². The third-order valence-electron chi connectivity index (χ3n) is 6.26. The molecule has 0 saturated carbocycles. The van der Waals surface area contributed by atoms with E-state index in [4.69, 9.17) is 15.7 Å². The van der Waals surface area contributed by atoms with Crippen molar-refractivity contribution in [1.82, 2.24) is 0 Å². The first-order chi connectivity index (χ1) is 18.7. The Labute approximate surface area is 226 Å². The minimum atomic E-state index is -0.874. The highest BCUT2D eigenvalue weighted by Crippen LogP contribution is 2.42. The van der Waals surface area contributed by atoms with Gasteiger partial charge in [0.05, 0.1) is 23.0 Å². The molecular formula is C31H28N4O4. The molecule has 4 rings (SSSR count). The third kappa shape index (κ3) is 6.35. The molecule has 0 saturated heterocycles. The highest BCUT2D eigenvalue weighted by Gasteiger charge is 2.34. The standard InChI is InChI=1S/C31H28N4O4/c1-31(2,18-17-28(37)35-26-10-6-5-9-25(26)33)29(24-15-16-27(36)23-8-4-3-7-22(23)24)39-30(38)34-21-13-11-20(19-32)12-14-21/h3-18,29,36H,33H2,1-2H3,(H,34,38)(H,35,37)/b18-17+/t29-/m1/s1. The van der Waals surface area contributed by atoms with Gasteiger partial charge in [0.15, 0.2) is 0 Å².